The number of amides is 2. The number of carbonyl (C=O) groups is 2. The van der Waals surface area contributed by atoms with Gasteiger partial charge in [-0.15, -0.1) is 0 Å². The van der Waals surface area contributed by atoms with Crippen molar-refractivity contribution in [1.82, 2.24) is 15.4 Å². The number of aliphatic hydroxyl groups is 1. The average Bonchev–Trinajstić information content (AvgIpc) is 3.16. The number of hydrogen-bond donors (Lipinski definition) is 3. The lowest BCUT2D eigenvalue weighted by molar-refractivity contribution is -0.178. The molecule has 0 saturated heterocycles. The zero-order valence-electron chi connectivity index (χ0n) is 16.1. The van der Waals surface area contributed by atoms with E-state index in [1.807, 2.05) is 18.2 Å². The first-order chi connectivity index (χ1) is 13.9. The van der Waals surface area contributed by atoms with Crippen LogP contribution in [0.1, 0.15) is 22.0 Å². The van der Waals surface area contributed by atoms with Crippen molar-refractivity contribution in [2.24, 2.45) is 0 Å². The van der Waals surface area contributed by atoms with Crippen molar-refractivity contribution < 1.29 is 19.5 Å². The van der Waals surface area contributed by atoms with Crippen LogP contribution < -0.4 is 5.32 Å². The van der Waals surface area contributed by atoms with E-state index in [0.29, 0.717) is 10.7 Å². The molecule has 8 heteroatoms. The Kier molecular flexibility index (Phi) is 6.53. The van der Waals surface area contributed by atoms with E-state index in [1.165, 1.54) is 14.2 Å². The zero-order chi connectivity index (χ0) is 21.0. The molecule has 0 fully saturated rings. The van der Waals surface area contributed by atoms with Crippen molar-refractivity contribution in [2.45, 2.75) is 12.0 Å². The van der Waals surface area contributed by atoms with Crippen molar-refractivity contribution in [1.29, 1.82) is 0 Å². The van der Waals surface area contributed by atoms with Gasteiger partial charge >= 0.3 is 0 Å². The van der Waals surface area contributed by atoms with Crippen LogP contribution in [-0.4, -0.2) is 53.8 Å². The van der Waals surface area contributed by atoms with Gasteiger partial charge in [0.05, 0.1) is 7.11 Å². The molecule has 0 aliphatic carbocycles. The number of hydroxylamine groups is 2. The number of H-pyrrole nitrogens is 1. The summed E-state index contributed by atoms with van der Waals surface area (Å²) >= 11 is 5.99. The molecule has 1 heterocycles. The molecule has 152 valence electrons. The fraction of sp³-hybridized carbons (Fsp3) is 0.238. The minimum absolute atomic E-state index is 0.0590. The van der Waals surface area contributed by atoms with Crippen LogP contribution in [0.4, 0.5) is 0 Å². The summed E-state index contributed by atoms with van der Waals surface area (Å²) in [6, 6.07) is 16.0. The molecule has 29 heavy (non-hydrogen) atoms. The summed E-state index contributed by atoms with van der Waals surface area (Å²) in [6.45, 7) is 0.0590. The summed E-state index contributed by atoms with van der Waals surface area (Å²) in [4.78, 5) is 32.9. The molecular formula is C21H22ClN3O4. The van der Waals surface area contributed by atoms with Crippen LogP contribution in [-0.2, 0) is 9.63 Å². The maximum absolute atomic E-state index is 12.6. The average molecular weight is 416 g/mol. The lowest BCUT2D eigenvalue weighted by Gasteiger charge is -2.25. The number of likely N-dealkylation sites (N-methyl/N-ethyl adjacent to an activating group) is 1. The predicted octanol–water partition coefficient (Wildman–Crippen LogP) is 2.72. The predicted molar refractivity (Wildman–Crippen MR) is 111 cm³/mol. The lowest BCUT2D eigenvalue weighted by Crippen LogP contribution is -2.43. The van der Waals surface area contributed by atoms with Crippen LogP contribution in [0, 0.1) is 0 Å². The Morgan fingerprint density at radius 1 is 1.21 bits per heavy atom. The molecule has 3 N–H and O–H groups in total. The summed E-state index contributed by atoms with van der Waals surface area (Å²) in [5, 5.41) is 15.8. The topological polar surface area (TPSA) is 94.7 Å². The van der Waals surface area contributed by atoms with Crippen molar-refractivity contribution >= 4 is 34.3 Å². The van der Waals surface area contributed by atoms with Gasteiger partial charge < -0.3 is 15.4 Å². The highest BCUT2D eigenvalue weighted by molar-refractivity contribution is 6.31. The summed E-state index contributed by atoms with van der Waals surface area (Å²) < 4.78 is 0. The van der Waals surface area contributed by atoms with Crippen molar-refractivity contribution in [3.05, 3.63) is 70.9 Å². The molecule has 0 bridgehead atoms. The van der Waals surface area contributed by atoms with Crippen molar-refractivity contribution in [2.75, 3.05) is 20.7 Å². The molecule has 2 aromatic carbocycles. The summed E-state index contributed by atoms with van der Waals surface area (Å²) in [6.07, 6.45) is -1.39. The minimum atomic E-state index is -1.39. The molecule has 3 rings (SSSR count). The van der Waals surface area contributed by atoms with Crippen LogP contribution in [0.2, 0.25) is 5.02 Å². The van der Waals surface area contributed by atoms with Crippen molar-refractivity contribution in [3.8, 4) is 0 Å². The first-order valence-corrected chi connectivity index (χ1v) is 9.39. The molecule has 0 saturated carbocycles. The van der Waals surface area contributed by atoms with Gasteiger partial charge in [0.25, 0.3) is 11.8 Å². The van der Waals surface area contributed by atoms with Gasteiger partial charge in [-0.05, 0) is 29.8 Å². The number of nitrogens with zero attached hydrogens (tertiary/aromatic N) is 1. The smallest absolute Gasteiger partial charge is 0.275 e. The fourth-order valence-electron chi connectivity index (χ4n) is 3.08. The third-order valence-corrected chi connectivity index (χ3v) is 4.99. The van der Waals surface area contributed by atoms with E-state index in [4.69, 9.17) is 16.4 Å². The number of halogens is 1. The Morgan fingerprint density at radius 3 is 2.62 bits per heavy atom. The maximum Gasteiger partial charge on any atom is 0.275 e. The monoisotopic (exact) mass is 415 g/mol. The van der Waals surface area contributed by atoms with E-state index in [-0.39, 0.29) is 12.5 Å². The number of rotatable bonds is 7. The Labute approximate surface area is 173 Å². The highest BCUT2D eigenvalue weighted by Gasteiger charge is 2.30. The Morgan fingerprint density at radius 2 is 1.93 bits per heavy atom. The highest BCUT2D eigenvalue weighted by atomic mass is 35.5. The third-order valence-electron chi connectivity index (χ3n) is 4.76. The molecule has 1 aromatic heterocycles. The van der Waals surface area contributed by atoms with Gasteiger partial charge in [0.15, 0.2) is 0 Å². The number of nitrogens with one attached hydrogen (secondary N) is 2. The summed E-state index contributed by atoms with van der Waals surface area (Å²) in [5.41, 5.74) is 1.88. The second kappa shape index (κ2) is 9.09. The number of hydrogen-bond acceptors (Lipinski definition) is 4. The van der Waals surface area contributed by atoms with Gasteiger partial charge in [-0.25, -0.2) is 5.06 Å². The van der Waals surface area contributed by atoms with Crippen LogP contribution in [0.25, 0.3) is 10.9 Å². The largest absolute Gasteiger partial charge is 0.382 e. The molecule has 0 aliphatic rings. The number of aliphatic hydroxyl groups excluding tert-OH is 1. The number of fused-ring (bicyclic) bond motifs is 1. The summed E-state index contributed by atoms with van der Waals surface area (Å²) in [7, 11) is 2.76. The number of aromatic amines is 1. The zero-order valence-corrected chi connectivity index (χ0v) is 16.8. The molecule has 0 radical (unpaired) electrons. The molecule has 2 atom stereocenters. The SMILES string of the molecule is CON(C)C(=O)[C@H](O)C(CNC(=O)c1cc2cc(Cl)ccc2[nH]1)c1ccccc1. The Bertz CT molecular complexity index is 1010. The van der Waals surface area contributed by atoms with E-state index in [0.717, 1.165) is 21.5 Å². The van der Waals surface area contributed by atoms with Gasteiger partial charge in [-0.3, -0.25) is 14.4 Å². The van der Waals surface area contributed by atoms with Gasteiger partial charge in [-0.1, -0.05) is 41.9 Å². The third kappa shape index (κ3) is 4.76. The minimum Gasteiger partial charge on any atom is -0.382 e. The fourth-order valence-corrected chi connectivity index (χ4v) is 3.26. The van der Waals surface area contributed by atoms with Gasteiger partial charge in [0.2, 0.25) is 0 Å². The van der Waals surface area contributed by atoms with E-state index in [2.05, 4.69) is 10.3 Å². The molecule has 0 spiro atoms. The van der Waals surface area contributed by atoms with Gasteiger partial charge in [-0.2, -0.15) is 0 Å². The molecular weight excluding hydrogens is 394 g/mol. The van der Waals surface area contributed by atoms with Crippen molar-refractivity contribution in [3.63, 3.8) is 0 Å². The van der Waals surface area contributed by atoms with Crippen LogP contribution in [0.3, 0.4) is 0 Å². The molecule has 7 nitrogen and oxygen atoms in total. The van der Waals surface area contributed by atoms with Gasteiger partial charge in [0.1, 0.15) is 11.8 Å². The number of benzene rings is 2. The van der Waals surface area contributed by atoms with Crippen LogP contribution in [0.15, 0.2) is 54.6 Å². The molecule has 2 amide bonds. The van der Waals surface area contributed by atoms with Gasteiger partial charge in [0, 0.05) is 35.4 Å². The van der Waals surface area contributed by atoms with E-state index >= 15 is 0 Å². The normalized spacial score (nSPS) is 13.1. The Hall–Kier alpha value is -2.87. The van der Waals surface area contributed by atoms with Crippen LogP contribution in [0.5, 0.6) is 0 Å². The lowest BCUT2D eigenvalue weighted by atomic mass is 9.92. The van der Waals surface area contributed by atoms with Crippen LogP contribution >= 0.6 is 11.6 Å². The molecule has 1 unspecified atom stereocenters. The maximum atomic E-state index is 12.6. The quantitative estimate of drug-likeness (QED) is 0.517. The first-order valence-electron chi connectivity index (χ1n) is 9.02. The number of carbonyl (C=O) groups excluding carboxylic acids is 2. The second-order valence-corrected chi connectivity index (χ2v) is 7.04. The Balaban J connectivity index is 1.78. The number of aromatic nitrogens is 1. The molecule has 3 aromatic rings. The molecule has 0 aliphatic heterocycles. The van der Waals surface area contributed by atoms with E-state index in [1.54, 1.807) is 36.4 Å². The standard InChI is InChI=1S/C21H22ClN3O4/c1-25(29-2)21(28)19(26)16(13-6-4-3-5-7-13)12-23-20(27)18-11-14-10-15(22)8-9-17(14)24-18/h3-11,16,19,24,26H,12H2,1-2H3,(H,23,27)/t16?,19-/m1/s1. The van der Waals surface area contributed by atoms with E-state index in [9.17, 15) is 14.7 Å². The second-order valence-electron chi connectivity index (χ2n) is 6.60. The van der Waals surface area contributed by atoms with E-state index < -0.39 is 17.9 Å². The highest BCUT2D eigenvalue weighted by Crippen LogP contribution is 2.22. The first kappa shape index (κ1) is 20.9. The summed E-state index contributed by atoms with van der Waals surface area (Å²) in [5.74, 6) is -1.60.